The second-order valence-corrected chi connectivity index (χ2v) is 7.83. The van der Waals surface area contributed by atoms with E-state index in [1.54, 1.807) is 36.4 Å². The zero-order valence-electron chi connectivity index (χ0n) is 15.4. The normalized spacial score (nSPS) is 11.8. The van der Waals surface area contributed by atoms with Gasteiger partial charge in [-0.1, -0.05) is 65.5 Å². The molecule has 0 saturated carbocycles. The number of carbonyl (C=O) groups excluding carboxylic acids is 2. The molecular weight excluding hydrogens is 442 g/mol. The Bertz CT molecular complexity index is 853. The van der Waals surface area contributed by atoms with Crippen molar-refractivity contribution in [3.63, 3.8) is 0 Å². The summed E-state index contributed by atoms with van der Waals surface area (Å²) in [7, 11) is 1.53. The van der Waals surface area contributed by atoms with E-state index in [0.717, 1.165) is 0 Å². The van der Waals surface area contributed by atoms with E-state index < -0.39 is 6.04 Å². The van der Waals surface area contributed by atoms with Crippen molar-refractivity contribution in [3.8, 4) is 0 Å². The molecule has 0 aliphatic carbocycles. The van der Waals surface area contributed by atoms with Crippen LogP contribution in [0.2, 0.25) is 20.1 Å². The molecule has 8 heteroatoms. The molecule has 1 N–H and O–H groups in total. The molecule has 4 nitrogen and oxygen atoms in total. The second-order valence-electron chi connectivity index (χ2n) is 6.17. The van der Waals surface area contributed by atoms with Gasteiger partial charge in [-0.05, 0) is 36.2 Å². The average molecular weight is 462 g/mol. The topological polar surface area (TPSA) is 49.4 Å². The number of likely N-dealkylation sites (N-methyl/N-ethyl adjacent to an activating group) is 1. The minimum Gasteiger partial charge on any atom is -0.357 e. The Morgan fingerprint density at radius 2 is 1.68 bits per heavy atom. The third-order valence-corrected chi connectivity index (χ3v) is 5.67. The van der Waals surface area contributed by atoms with Crippen molar-refractivity contribution < 1.29 is 9.59 Å². The van der Waals surface area contributed by atoms with Crippen LogP contribution < -0.4 is 5.32 Å². The van der Waals surface area contributed by atoms with Crippen LogP contribution in [0.1, 0.15) is 24.5 Å². The highest BCUT2D eigenvalue weighted by Crippen LogP contribution is 2.28. The van der Waals surface area contributed by atoms with Crippen LogP contribution in [0, 0.1) is 0 Å². The van der Waals surface area contributed by atoms with Gasteiger partial charge in [0.2, 0.25) is 11.8 Å². The second kappa shape index (κ2) is 10.4. The van der Waals surface area contributed by atoms with E-state index in [1.165, 1.54) is 11.9 Å². The summed E-state index contributed by atoms with van der Waals surface area (Å²) < 4.78 is 0. The van der Waals surface area contributed by atoms with E-state index in [9.17, 15) is 9.59 Å². The molecule has 0 spiro atoms. The van der Waals surface area contributed by atoms with Gasteiger partial charge >= 0.3 is 0 Å². The van der Waals surface area contributed by atoms with Crippen LogP contribution in [0.25, 0.3) is 0 Å². The van der Waals surface area contributed by atoms with Crippen molar-refractivity contribution in [2.75, 3.05) is 7.05 Å². The number of nitrogens with zero attached hydrogens (tertiary/aromatic N) is 1. The van der Waals surface area contributed by atoms with Gasteiger partial charge in [0.05, 0.1) is 6.42 Å². The Balaban J connectivity index is 2.39. The average Bonchev–Trinajstić information content (AvgIpc) is 2.65. The lowest BCUT2D eigenvalue weighted by atomic mass is 10.1. The predicted molar refractivity (Wildman–Crippen MR) is 115 cm³/mol. The SMILES string of the molecule is CC[C@H](C(=O)NC)N(Cc1c(Cl)cccc1Cl)C(=O)Cc1ccc(Cl)cc1Cl. The molecule has 0 unspecified atom stereocenters. The first-order valence-corrected chi connectivity index (χ1v) is 10.2. The van der Waals surface area contributed by atoms with Crippen LogP contribution in [0.5, 0.6) is 0 Å². The third-order valence-electron chi connectivity index (χ3n) is 4.38. The molecule has 1 atom stereocenters. The lowest BCUT2D eigenvalue weighted by Crippen LogP contribution is -2.48. The van der Waals surface area contributed by atoms with Gasteiger partial charge < -0.3 is 10.2 Å². The Morgan fingerprint density at radius 3 is 2.21 bits per heavy atom. The number of halogens is 4. The molecule has 0 aliphatic rings. The summed E-state index contributed by atoms with van der Waals surface area (Å²) in [5, 5.41) is 4.35. The molecule has 0 heterocycles. The van der Waals surface area contributed by atoms with Crippen molar-refractivity contribution in [1.29, 1.82) is 0 Å². The standard InChI is InChI=1S/C20H20Cl4N2O2/c1-3-18(20(28)25-2)26(11-14-15(22)5-4-6-16(14)23)19(27)9-12-7-8-13(21)10-17(12)24/h4-8,10,18H,3,9,11H2,1-2H3,(H,25,28)/t18-/m1/s1. The highest BCUT2D eigenvalue weighted by atomic mass is 35.5. The number of hydrogen-bond acceptors (Lipinski definition) is 2. The van der Waals surface area contributed by atoms with Gasteiger partial charge in [-0.15, -0.1) is 0 Å². The molecule has 2 rings (SSSR count). The van der Waals surface area contributed by atoms with Crippen molar-refractivity contribution in [3.05, 3.63) is 67.6 Å². The van der Waals surface area contributed by atoms with Gasteiger partial charge in [0, 0.05) is 39.2 Å². The van der Waals surface area contributed by atoms with Crippen LogP contribution in [-0.2, 0) is 22.6 Å². The molecule has 28 heavy (non-hydrogen) atoms. The summed E-state index contributed by atoms with van der Waals surface area (Å²) in [5.41, 5.74) is 1.21. The Hall–Kier alpha value is -1.46. The largest absolute Gasteiger partial charge is 0.357 e. The summed E-state index contributed by atoms with van der Waals surface area (Å²) >= 11 is 24.7. The molecule has 2 aromatic rings. The van der Waals surface area contributed by atoms with E-state index in [-0.39, 0.29) is 24.8 Å². The van der Waals surface area contributed by atoms with E-state index in [0.29, 0.717) is 37.6 Å². The number of amides is 2. The van der Waals surface area contributed by atoms with Crippen molar-refractivity contribution >= 4 is 58.2 Å². The molecule has 0 bridgehead atoms. The van der Waals surface area contributed by atoms with E-state index in [1.807, 2.05) is 6.92 Å². The highest BCUT2D eigenvalue weighted by Gasteiger charge is 2.29. The molecular formula is C20H20Cl4N2O2. The van der Waals surface area contributed by atoms with E-state index in [4.69, 9.17) is 46.4 Å². The summed E-state index contributed by atoms with van der Waals surface area (Å²) in [6, 6.07) is 9.40. The van der Waals surface area contributed by atoms with E-state index >= 15 is 0 Å². The van der Waals surface area contributed by atoms with Gasteiger partial charge in [-0.2, -0.15) is 0 Å². The van der Waals surface area contributed by atoms with Crippen LogP contribution in [0.15, 0.2) is 36.4 Å². The quantitative estimate of drug-likeness (QED) is 0.600. The zero-order chi connectivity index (χ0) is 20.8. The van der Waals surface area contributed by atoms with Crippen LogP contribution >= 0.6 is 46.4 Å². The minimum absolute atomic E-state index is 0.0194. The molecule has 0 aliphatic heterocycles. The fraction of sp³-hybridized carbons (Fsp3) is 0.300. The molecule has 0 fully saturated rings. The number of benzene rings is 2. The maximum absolute atomic E-state index is 13.2. The van der Waals surface area contributed by atoms with Gasteiger partial charge in [0.1, 0.15) is 6.04 Å². The Kier molecular flexibility index (Phi) is 8.44. The molecule has 2 aromatic carbocycles. The highest BCUT2D eigenvalue weighted by molar-refractivity contribution is 6.36. The summed E-state index contributed by atoms with van der Waals surface area (Å²) in [4.78, 5) is 27.0. The summed E-state index contributed by atoms with van der Waals surface area (Å²) in [5.74, 6) is -0.531. The first kappa shape index (κ1) is 22.8. The van der Waals surface area contributed by atoms with E-state index in [2.05, 4.69) is 5.32 Å². The smallest absolute Gasteiger partial charge is 0.242 e. The van der Waals surface area contributed by atoms with Crippen LogP contribution in [0.4, 0.5) is 0 Å². The molecule has 0 saturated heterocycles. The number of hydrogen-bond donors (Lipinski definition) is 1. The number of carbonyl (C=O) groups is 2. The predicted octanol–water partition coefficient (Wildman–Crippen LogP) is 5.40. The lowest BCUT2D eigenvalue weighted by Gasteiger charge is -2.31. The fourth-order valence-electron chi connectivity index (χ4n) is 2.87. The summed E-state index contributed by atoms with van der Waals surface area (Å²) in [6.07, 6.45) is 0.452. The third kappa shape index (κ3) is 5.54. The van der Waals surface area contributed by atoms with Crippen molar-refractivity contribution in [2.45, 2.75) is 32.4 Å². The van der Waals surface area contributed by atoms with Gasteiger partial charge in [-0.25, -0.2) is 0 Å². The Morgan fingerprint density at radius 1 is 1.04 bits per heavy atom. The maximum Gasteiger partial charge on any atom is 0.242 e. The lowest BCUT2D eigenvalue weighted by molar-refractivity contribution is -0.140. The van der Waals surface area contributed by atoms with Gasteiger partial charge in [-0.3, -0.25) is 9.59 Å². The summed E-state index contributed by atoms with van der Waals surface area (Å²) in [6.45, 7) is 1.94. The minimum atomic E-state index is -0.670. The van der Waals surface area contributed by atoms with Gasteiger partial charge in [0.25, 0.3) is 0 Å². The molecule has 0 radical (unpaired) electrons. The molecule has 2 amide bonds. The molecule has 0 aromatic heterocycles. The van der Waals surface area contributed by atoms with Crippen molar-refractivity contribution in [1.82, 2.24) is 10.2 Å². The first-order valence-electron chi connectivity index (χ1n) is 8.66. The number of nitrogens with one attached hydrogen (secondary N) is 1. The van der Waals surface area contributed by atoms with Crippen LogP contribution in [0.3, 0.4) is 0 Å². The van der Waals surface area contributed by atoms with Crippen molar-refractivity contribution in [2.24, 2.45) is 0 Å². The molecule has 150 valence electrons. The first-order chi connectivity index (χ1) is 13.3. The Labute approximate surface area is 184 Å². The maximum atomic E-state index is 13.2. The zero-order valence-corrected chi connectivity index (χ0v) is 18.5. The van der Waals surface area contributed by atoms with Crippen LogP contribution in [-0.4, -0.2) is 29.8 Å². The van der Waals surface area contributed by atoms with Gasteiger partial charge in [0.15, 0.2) is 0 Å². The fourth-order valence-corrected chi connectivity index (χ4v) is 3.86. The number of rotatable bonds is 7. The monoisotopic (exact) mass is 460 g/mol.